The van der Waals surface area contributed by atoms with Gasteiger partial charge in [0.25, 0.3) is 0 Å². The van der Waals surface area contributed by atoms with Crippen LogP contribution in [0, 0.1) is 26.8 Å². The largest absolute Gasteiger partial charge is 0.451 e. The van der Waals surface area contributed by atoms with Crippen molar-refractivity contribution in [3.05, 3.63) is 53.4 Å². The fraction of sp³-hybridized carbons (Fsp3) is 0.167. The maximum Gasteiger partial charge on any atom is 0.181 e. The van der Waals surface area contributed by atoms with Gasteiger partial charge in [0.2, 0.25) is 0 Å². The molecule has 0 amide bonds. The van der Waals surface area contributed by atoms with Gasteiger partial charge in [0, 0.05) is 37.9 Å². The van der Waals surface area contributed by atoms with Crippen LogP contribution in [0.25, 0.3) is 32.6 Å². The summed E-state index contributed by atoms with van der Waals surface area (Å²) in [4.78, 5) is 4.56. The van der Waals surface area contributed by atoms with E-state index >= 15 is 0 Å². The van der Waals surface area contributed by atoms with Crippen LogP contribution in [0.5, 0.6) is 0 Å². The maximum absolute atomic E-state index is 5.88. The molecule has 3 heteroatoms. The summed E-state index contributed by atoms with van der Waals surface area (Å²) in [5.74, 6) is 0.700. The average molecular weight is 453 g/mol. The van der Waals surface area contributed by atoms with Crippen molar-refractivity contribution in [3.8, 4) is 0 Å². The van der Waals surface area contributed by atoms with Gasteiger partial charge in [0.05, 0.1) is 0 Å². The zero-order valence-corrected chi connectivity index (χ0v) is 14.5. The van der Waals surface area contributed by atoms with Crippen LogP contribution >= 0.6 is 0 Å². The molecule has 21 heavy (non-hydrogen) atoms. The monoisotopic (exact) mass is 453 g/mol. The van der Waals surface area contributed by atoms with E-state index in [1.54, 1.807) is 0 Å². The number of hydrogen-bond acceptors (Lipinski definition) is 2. The molecule has 4 rings (SSSR count). The Morgan fingerprint density at radius 2 is 1.90 bits per heavy atom. The Balaban J connectivity index is 0.00000132. The molecule has 0 fully saturated rings. The standard InChI is InChI=1S/C18H14NO.Ir/c1-10-8-11(2)16-15(9-10)13-6-4-5-7-14(13)17-18(16)20-12(3)19-17;/h4-6,8-9H,1-3H3;/q-1;. The minimum absolute atomic E-state index is 0. The van der Waals surface area contributed by atoms with E-state index in [0.29, 0.717) is 5.89 Å². The SMILES string of the molecule is Cc1cc(C)c2c(c1)c1ccc[c-]c1c1nc(C)oc12.[Ir]. The second-order valence-electron chi connectivity index (χ2n) is 5.37. The fourth-order valence-corrected chi connectivity index (χ4v) is 3.10. The summed E-state index contributed by atoms with van der Waals surface area (Å²) in [5, 5.41) is 4.61. The van der Waals surface area contributed by atoms with Gasteiger partial charge in [-0.05, 0) is 24.8 Å². The van der Waals surface area contributed by atoms with Gasteiger partial charge in [0.15, 0.2) is 5.89 Å². The molecule has 0 unspecified atom stereocenters. The Hall–Kier alpha value is -1.70. The summed E-state index contributed by atoms with van der Waals surface area (Å²) >= 11 is 0. The van der Waals surface area contributed by atoms with Gasteiger partial charge >= 0.3 is 0 Å². The van der Waals surface area contributed by atoms with E-state index in [9.17, 15) is 0 Å². The minimum Gasteiger partial charge on any atom is -0.451 e. The molecule has 0 atom stereocenters. The molecule has 0 aliphatic heterocycles. The molecule has 4 aromatic rings. The van der Waals surface area contributed by atoms with Crippen molar-refractivity contribution in [1.82, 2.24) is 4.98 Å². The molecule has 107 valence electrons. The van der Waals surface area contributed by atoms with Gasteiger partial charge in [-0.3, -0.25) is 4.98 Å². The fourth-order valence-electron chi connectivity index (χ4n) is 3.10. The van der Waals surface area contributed by atoms with E-state index in [0.717, 1.165) is 16.5 Å². The summed E-state index contributed by atoms with van der Waals surface area (Å²) in [6.07, 6.45) is 0. The van der Waals surface area contributed by atoms with E-state index in [1.165, 1.54) is 27.3 Å². The molecule has 2 nitrogen and oxygen atoms in total. The summed E-state index contributed by atoms with van der Waals surface area (Å²) < 4.78 is 5.88. The van der Waals surface area contributed by atoms with Crippen LogP contribution in [-0.4, -0.2) is 4.98 Å². The molecule has 0 bridgehead atoms. The Labute approximate surface area is 136 Å². The van der Waals surface area contributed by atoms with Crippen molar-refractivity contribution >= 4 is 32.6 Å². The van der Waals surface area contributed by atoms with Crippen LogP contribution < -0.4 is 0 Å². The Morgan fingerprint density at radius 3 is 2.71 bits per heavy atom. The smallest absolute Gasteiger partial charge is 0.181 e. The van der Waals surface area contributed by atoms with Crippen LogP contribution in [0.15, 0.2) is 34.7 Å². The quantitative estimate of drug-likeness (QED) is 0.281. The molecule has 0 aliphatic rings. The summed E-state index contributed by atoms with van der Waals surface area (Å²) in [7, 11) is 0. The first-order valence-corrected chi connectivity index (χ1v) is 6.75. The molecule has 0 aliphatic carbocycles. The second-order valence-corrected chi connectivity index (χ2v) is 5.37. The minimum atomic E-state index is 0. The zero-order chi connectivity index (χ0) is 13.9. The number of aryl methyl sites for hydroxylation is 3. The van der Waals surface area contributed by atoms with Gasteiger partial charge in [0.1, 0.15) is 5.58 Å². The first kappa shape index (κ1) is 14.2. The third-order valence-corrected chi connectivity index (χ3v) is 3.82. The number of fused-ring (bicyclic) bond motifs is 6. The maximum atomic E-state index is 5.88. The Morgan fingerprint density at radius 1 is 1.10 bits per heavy atom. The molecular weight excluding hydrogens is 438 g/mol. The second kappa shape index (κ2) is 4.94. The van der Waals surface area contributed by atoms with Crippen molar-refractivity contribution in [3.63, 3.8) is 0 Å². The van der Waals surface area contributed by atoms with Crippen molar-refractivity contribution in [2.75, 3.05) is 0 Å². The van der Waals surface area contributed by atoms with Crippen LogP contribution in [0.2, 0.25) is 0 Å². The van der Waals surface area contributed by atoms with Gasteiger partial charge in [-0.15, -0.1) is 29.7 Å². The summed E-state index contributed by atoms with van der Waals surface area (Å²) in [6, 6.07) is 13.8. The predicted molar refractivity (Wildman–Crippen MR) is 82.1 cm³/mol. The molecular formula is C18H14IrNO-. The molecule has 0 spiro atoms. The molecule has 1 heterocycles. The zero-order valence-electron chi connectivity index (χ0n) is 12.1. The van der Waals surface area contributed by atoms with E-state index in [4.69, 9.17) is 4.42 Å². The van der Waals surface area contributed by atoms with Crippen molar-refractivity contribution in [2.45, 2.75) is 20.8 Å². The predicted octanol–water partition coefficient (Wildman–Crippen LogP) is 4.86. The number of hydrogen-bond donors (Lipinski definition) is 0. The summed E-state index contributed by atoms with van der Waals surface area (Å²) in [6.45, 7) is 6.15. The van der Waals surface area contributed by atoms with Crippen LogP contribution in [0.3, 0.4) is 0 Å². The van der Waals surface area contributed by atoms with Gasteiger partial charge in [-0.25, -0.2) is 0 Å². The van der Waals surface area contributed by atoms with Crippen molar-refractivity contribution in [2.24, 2.45) is 0 Å². The molecule has 0 saturated carbocycles. The normalized spacial score (nSPS) is 11.2. The van der Waals surface area contributed by atoms with Gasteiger partial charge in [-0.1, -0.05) is 23.1 Å². The molecule has 1 aromatic heterocycles. The van der Waals surface area contributed by atoms with E-state index in [-0.39, 0.29) is 20.1 Å². The topological polar surface area (TPSA) is 26.0 Å². The van der Waals surface area contributed by atoms with Crippen molar-refractivity contribution in [1.29, 1.82) is 0 Å². The van der Waals surface area contributed by atoms with Crippen LogP contribution in [0.1, 0.15) is 17.0 Å². The number of aromatic nitrogens is 1. The Kier molecular flexibility index (Phi) is 3.35. The summed E-state index contributed by atoms with van der Waals surface area (Å²) in [5.41, 5.74) is 4.28. The van der Waals surface area contributed by atoms with E-state index in [2.05, 4.69) is 43.1 Å². The third-order valence-electron chi connectivity index (χ3n) is 3.82. The number of oxazole rings is 1. The Bertz CT molecular complexity index is 985. The third kappa shape index (κ3) is 2.00. The van der Waals surface area contributed by atoms with Gasteiger partial charge < -0.3 is 4.42 Å². The number of benzene rings is 3. The van der Waals surface area contributed by atoms with Crippen molar-refractivity contribution < 1.29 is 24.5 Å². The van der Waals surface area contributed by atoms with Gasteiger partial charge in [-0.2, -0.15) is 0 Å². The van der Waals surface area contributed by atoms with Crippen LogP contribution in [-0.2, 0) is 20.1 Å². The molecule has 1 radical (unpaired) electrons. The molecule has 0 saturated heterocycles. The molecule has 0 N–H and O–H groups in total. The van der Waals surface area contributed by atoms with E-state index in [1.807, 2.05) is 19.1 Å². The van der Waals surface area contributed by atoms with Crippen LogP contribution in [0.4, 0.5) is 0 Å². The first-order chi connectivity index (χ1) is 9.65. The molecule has 3 aromatic carbocycles. The van der Waals surface area contributed by atoms with E-state index < -0.39 is 0 Å². The average Bonchev–Trinajstić information content (AvgIpc) is 2.80. The number of rotatable bonds is 0. The first-order valence-electron chi connectivity index (χ1n) is 6.75. The number of nitrogens with zero attached hydrogens (tertiary/aromatic N) is 1.